The van der Waals surface area contributed by atoms with E-state index in [0.29, 0.717) is 16.4 Å². The van der Waals surface area contributed by atoms with Gasteiger partial charge in [-0.05, 0) is 6.26 Å². The van der Waals surface area contributed by atoms with Crippen molar-refractivity contribution in [3.8, 4) is 11.3 Å². The van der Waals surface area contributed by atoms with Gasteiger partial charge in [-0.2, -0.15) is 5.10 Å². The number of aromatic carboxylic acids is 1. The molecule has 0 aliphatic carbocycles. The Morgan fingerprint density at radius 2 is 2.31 bits per heavy atom. The second-order valence-corrected chi connectivity index (χ2v) is 3.68. The second kappa shape index (κ2) is 4.31. The molecular formula is C9H8N4O2S. The molecule has 2 aromatic rings. The van der Waals surface area contributed by atoms with Gasteiger partial charge in [-0.3, -0.25) is 5.10 Å². The van der Waals surface area contributed by atoms with Crippen LogP contribution in [0.2, 0.25) is 0 Å². The number of nitrogens with one attached hydrogen (secondary N) is 1. The van der Waals surface area contributed by atoms with Crippen LogP contribution in [0.15, 0.2) is 23.7 Å². The van der Waals surface area contributed by atoms with E-state index in [0.717, 1.165) is 0 Å². The first-order valence-electron chi connectivity index (χ1n) is 4.36. The summed E-state index contributed by atoms with van der Waals surface area (Å²) in [6.45, 7) is 0. The highest BCUT2D eigenvalue weighted by molar-refractivity contribution is 7.98. The molecule has 0 amide bonds. The van der Waals surface area contributed by atoms with Crippen LogP contribution in [-0.4, -0.2) is 37.5 Å². The summed E-state index contributed by atoms with van der Waals surface area (Å²) in [5, 5.41) is 15.9. The number of H-pyrrole nitrogens is 1. The average molecular weight is 236 g/mol. The summed E-state index contributed by atoms with van der Waals surface area (Å²) >= 11 is 1.35. The van der Waals surface area contributed by atoms with Gasteiger partial charge >= 0.3 is 5.97 Å². The molecule has 0 saturated carbocycles. The first-order chi connectivity index (χ1) is 7.72. The number of aromatic nitrogens is 4. The van der Waals surface area contributed by atoms with Crippen LogP contribution in [0.3, 0.4) is 0 Å². The number of aromatic amines is 1. The van der Waals surface area contributed by atoms with Gasteiger partial charge in [0.15, 0.2) is 5.16 Å². The fraction of sp³-hybridized carbons (Fsp3) is 0.111. The lowest BCUT2D eigenvalue weighted by Crippen LogP contribution is -2.03. The van der Waals surface area contributed by atoms with Gasteiger partial charge in [0.05, 0.1) is 11.9 Å². The van der Waals surface area contributed by atoms with Crippen LogP contribution < -0.4 is 0 Å². The zero-order valence-corrected chi connectivity index (χ0v) is 9.15. The van der Waals surface area contributed by atoms with Crippen molar-refractivity contribution in [1.29, 1.82) is 0 Å². The quantitative estimate of drug-likeness (QED) is 0.616. The van der Waals surface area contributed by atoms with Gasteiger partial charge in [0, 0.05) is 18.0 Å². The Balaban J connectivity index is 2.59. The third-order valence-electron chi connectivity index (χ3n) is 1.95. The van der Waals surface area contributed by atoms with Gasteiger partial charge in [0.1, 0.15) is 5.56 Å². The summed E-state index contributed by atoms with van der Waals surface area (Å²) in [7, 11) is 0. The van der Waals surface area contributed by atoms with Crippen LogP contribution in [-0.2, 0) is 0 Å². The molecule has 0 fully saturated rings. The van der Waals surface area contributed by atoms with E-state index in [9.17, 15) is 4.79 Å². The molecule has 16 heavy (non-hydrogen) atoms. The van der Waals surface area contributed by atoms with Crippen molar-refractivity contribution in [1.82, 2.24) is 20.2 Å². The summed E-state index contributed by atoms with van der Waals surface area (Å²) in [4.78, 5) is 19.1. The molecule has 82 valence electrons. The van der Waals surface area contributed by atoms with Crippen LogP contribution in [0.1, 0.15) is 10.4 Å². The van der Waals surface area contributed by atoms with E-state index in [-0.39, 0.29) is 5.56 Å². The zero-order valence-electron chi connectivity index (χ0n) is 8.34. The Morgan fingerprint density at radius 1 is 1.50 bits per heavy atom. The number of carboxylic acids is 1. The molecule has 0 aliphatic rings. The number of hydrogen-bond acceptors (Lipinski definition) is 5. The summed E-state index contributed by atoms with van der Waals surface area (Å²) in [6, 6.07) is 0. The second-order valence-electron chi connectivity index (χ2n) is 2.91. The topological polar surface area (TPSA) is 91.8 Å². The standard InChI is InChI=1S/C9H8N4O2S/c1-16-9-10-4-6(8(14)15)7(13-9)5-2-11-12-3-5/h2-4H,1H3,(H,11,12)(H,14,15). The van der Waals surface area contributed by atoms with E-state index < -0.39 is 5.97 Å². The van der Waals surface area contributed by atoms with Crippen LogP contribution in [0.4, 0.5) is 0 Å². The molecule has 0 atom stereocenters. The Bertz CT molecular complexity index is 512. The van der Waals surface area contributed by atoms with Gasteiger partial charge in [-0.1, -0.05) is 11.8 Å². The van der Waals surface area contributed by atoms with Crippen LogP contribution in [0.25, 0.3) is 11.3 Å². The van der Waals surface area contributed by atoms with Crippen molar-refractivity contribution in [2.24, 2.45) is 0 Å². The molecule has 2 heterocycles. The van der Waals surface area contributed by atoms with Crippen molar-refractivity contribution in [3.05, 3.63) is 24.2 Å². The third-order valence-corrected chi connectivity index (χ3v) is 2.51. The minimum absolute atomic E-state index is 0.0687. The Kier molecular flexibility index (Phi) is 2.86. The van der Waals surface area contributed by atoms with Gasteiger partial charge in [0.25, 0.3) is 0 Å². The molecule has 0 spiro atoms. The normalized spacial score (nSPS) is 10.3. The molecule has 0 saturated heterocycles. The van der Waals surface area contributed by atoms with Gasteiger partial charge in [0.2, 0.25) is 0 Å². The van der Waals surface area contributed by atoms with Crippen LogP contribution in [0, 0.1) is 0 Å². The maximum absolute atomic E-state index is 11.0. The van der Waals surface area contributed by atoms with E-state index >= 15 is 0 Å². The van der Waals surface area contributed by atoms with Gasteiger partial charge in [-0.15, -0.1) is 0 Å². The summed E-state index contributed by atoms with van der Waals surface area (Å²) in [6.07, 6.45) is 6.26. The Hall–Kier alpha value is -1.89. The first-order valence-corrected chi connectivity index (χ1v) is 5.58. The smallest absolute Gasteiger partial charge is 0.339 e. The molecule has 0 radical (unpaired) electrons. The minimum atomic E-state index is -1.05. The molecule has 7 heteroatoms. The summed E-state index contributed by atoms with van der Waals surface area (Å²) in [5.41, 5.74) is 1.08. The predicted molar refractivity (Wildman–Crippen MR) is 58.4 cm³/mol. The van der Waals surface area contributed by atoms with Crippen molar-refractivity contribution >= 4 is 17.7 Å². The summed E-state index contributed by atoms with van der Waals surface area (Å²) < 4.78 is 0. The highest BCUT2D eigenvalue weighted by atomic mass is 32.2. The fourth-order valence-electron chi connectivity index (χ4n) is 1.22. The van der Waals surface area contributed by atoms with Gasteiger partial charge < -0.3 is 5.11 Å². The average Bonchev–Trinajstić information content (AvgIpc) is 2.81. The van der Waals surface area contributed by atoms with Crippen molar-refractivity contribution in [2.45, 2.75) is 5.16 Å². The largest absolute Gasteiger partial charge is 0.478 e. The molecular weight excluding hydrogens is 228 g/mol. The van der Waals surface area contributed by atoms with E-state index in [1.165, 1.54) is 24.2 Å². The SMILES string of the molecule is CSc1ncc(C(=O)O)c(-c2cn[nH]c2)n1. The molecule has 0 aliphatic heterocycles. The van der Waals surface area contributed by atoms with Crippen LogP contribution in [0.5, 0.6) is 0 Å². The lowest BCUT2D eigenvalue weighted by molar-refractivity contribution is 0.0696. The molecule has 2 aromatic heterocycles. The number of nitrogens with zero attached hydrogens (tertiary/aromatic N) is 3. The van der Waals surface area contributed by atoms with E-state index in [4.69, 9.17) is 5.11 Å². The maximum atomic E-state index is 11.0. The molecule has 6 nitrogen and oxygen atoms in total. The van der Waals surface area contributed by atoms with E-state index in [2.05, 4.69) is 20.2 Å². The molecule has 0 aromatic carbocycles. The zero-order chi connectivity index (χ0) is 11.5. The highest BCUT2D eigenvalue weighted by Gasteiger charge is 2.15. The molecule has 0 unspecified atom stereocenters. The first kappa shape index (κ1) is 10.6. The lowest BCUT2D eigenvalue weighted by atomic mass is 10.1. The van der Waals surface area contributed by atoms with E-state index in [1.807, 2.05) is 6.26 Å². The predicted octanol–water partition coefficient (Wildman–Crippen LogP) is 1.29. The van der Waals surface area contributed by atoms with Crippen molar-refractivity contribution in [3.63, 3.8) is 0 Å². The number of carboxylic acid groups (broad SMARTS) is 1. The van der Waals surface area contributed by atoms with Crippen molar-refractivity contribution < 1.29 is 9.90 Å². The third kappa shape index (κ3) is 1.89. The molecule has 2 N–H and O–H groups in total. The fourth-order valence-corrected chi connectivity index (χ4v) is 1.56. The number of carbonyl (C=O) groups is 1. The molecule has 0 bridgehead atoms. The van der Waals surface area contributed by atoms with Crippen molar-refractivity contribution in [2.75, 3.05) is 6.26 Å². The van der Waals surface area contributed by atoms with Gasteiger partial charge in [-0.25, -0.2) is 14.8 Å². The number of hydrogen-bond donors (Lipinski definition) is 2. The Morgan fingerprint density at radius 3 is 2.88 bits per heavy atom. The number of thioether (sulfide) groups is 1. The highest BCUT2D eigenvalue weighted by Crippen LogP contribution is 2.22. The van der Waals surface area contributed by atoms with E-state index in [1.54, 1.807) is 6.20 Å². The lowest BCUT2D eigenvalue weighted by Gasteiger charge is -2.03. The molecule has 2 rings (SSSR count). The minimum Gasteiger partial charge on any atom is -0.478 e. The summed E-state index contributed by atoms with van der Waals surface area (Å²) in [5.74, 6) is -1.05. The monoisotopic (exact) mass is 236 g/mol. The Labute approximate surface area is 95.1 Å². The maximum Gasteiger partial charge on any atom is 0.339 e. The number of rotatable bonds is 3. The van der Waals surface area contributed by atoms with Crippen LogP contribution >= 0.6 is 11.8 Å².